The zero-order chi connectivity index (χ0) is 28.3. The van der Waals surface area contributed by atoms with Gasteiger partial charge in [0.1, 0.15) is 12.4 Å². The Morgan fingerprint density at radius 2 is 1.98 bits per heavy atom. The lowest BCUT2D eigenvalue weighted by Crippen LogP contribution is -2.43. The number of halogens is 1. The molecule has 9 heteroatoms. The molecule has 40 heavy (non-hydrogen) atoms. The van der Waals surface area contributed by atoms with E-state index in [9.17, 15) is 18.3 Å². The van der Waals surface area contributed by atoms with Crippen molar-refractivity contribution in [2.24, 2.45) is 17.8 Å². The highest BCUT2D eigenvalue weighted by atomic mass is 35.5. The molecule has 2 aromatic rings. The molecule has 2 N–H and O–H groups in total. The highest BCUT2D eigenvalue weighted by molar-refractivity contribution is 7.90. The maximum Gasteiger partial charge on any atom is 0.264 e. The summed E-state index contributed by atoms with van der Waals surface area (Å²) in [6, 6.07) is 11.0. The Morgan fingerprint density at radius 1 is 1.12 bits per heavy atom. The minimum Gasteiger partial charge on any atom is -0.487 e. The van der Waals surface area contributed by atoms with Crippen molar-refractivity contribution in [2.75, 3.05) is 23.7 Å². The van der Waals surface area contributed by atoms with Gasteiger partial charge in [0, 0.05) is 23.7 Å². The number of anilines is 1. The van der Waals surface area contributed by atoms with Crippen LogP contribution < -0.4 is 14.4 Å². The number of fused-ring (bicyclic) bond motifs is 3. The molecule has 2 aromatic carbocycles. The largest absolute Gasteiger partial charge is 0.487 e. The molecule has 1 saturated carbocycles. The maximum absolute atomic E-state index is 13.2. The van der Waals surface area contributed by atoms with Crippen LogP contribution in [0, 0.1) is 17.8 Å². The average Bonchev–Trinajstić information content (AvgIpc) is 2.92. The number of amides is 1. The summed E-state index contributed by atoms with van der Waals surface area (Å²) in [5.74, 6) is 0.172. The van der Waals surface area contributed by atoms with E-state index in [1.165, 1.54) is 5.56 Å². The van der Waals surface area contributed by atoms with Gasteiger partial charge in [-0.15, -0.1) is 0 Å². The second-order valence-electron chi connectivity index (χ2n) is 11.4. The molecule has 7 nitrogen and oxygen atoms in total. The predicted molar refractivity (Wildman–Crippen MR) is 158 cm³/mol. The van der Waals surface area contributed by atoms with Crippen molar-refractivity contribution >= 4 is 33.2 Å². The molecule has 3 aliphatic rings. The van der Waals surface area contributed by atoms with Crippen LogP contribution in [0.5, 0.6) is 5.75 Å². The molecule has 0 radical (unpaired) electrons. The van der Waals surface area contributed by atoms with Gasteiger partial charge in [0.15, 0.2) is 0 Å². The van der Waals surface area contributed by atoms with Crippen molar-refractivity contribution in [1.29, 1.82) is 0 Å². The Hall–Kier alpha value is -2.55. The fraction of sp³-hybridized carbons (Fsp3) is 0.516. The van der Waals surface area contributed by atoms with Crippen LogP contribution in [0.15, 0.2) is 48.6 Å². The third-order valence-electron chi connectivity index (χ3n) is 8.69. The molecule has 1 fully saturated rings. The van der Waals surface area contributed by atoms with Gasteiger partial charge < -0.3 is 14.7 Å². The normalized spacial score (nSPS) is 28.0. The van der Waals surface area contributed by atoms with Crippen LogP contribution in [-0.2, 0) is 23.1 Å². The van der Waals surface area contributed by atoms with Gasteiger partial charge in [0.2, 0.25) is 10.0 Å². The SMILES string of the molecule is CCC1C/C=C/[C@H](O)[C@@H]2CC[C@H]2CN2CCCCc3cc(Cl)ccc3COc3ccc(cc32)C(=O)NS(=O)(=O)C1. The van der Waals surface area contributed by atoms with Gasteiger partial charge in [-0.3, -0.25) is 4.79 Å². The smallest absolute Gasteiger partial charge is 0.264 e. The first kappa shape index (κ1) is 29.0. The number of benzene rings is 2. The van der Waals surface area contributed by atoms with Gasteiger partial charge in [-0.1, -0.05) is 43.2 Å². The summed E-state index contributed by atoms with van der Waals surface area (Å²) in [5, 5.41) is 11.7. The lowest BCUT2D eigenvalue weighted by atomic mass is 9.70. The van der Waals surface area contributed by atoms with Gasteiger partial charge in [0.05, 0.1) is 17.5 Å². The van der Waals surface area contributed by atoms with Crippen molar-refractivity contribution in [1.82, 2.24) is 4.72 Å². The number of ether oxygens (including phenoxy) is 1. The number of allylic oxidation sites excluding steroid dienone is 1. The minimum absolute atomic E-state index is 0.145. The number of rotatable bonds is 1. The average molecular weight is 587 g/mol. The van der Waals surface area contributed by atoms with Gasteiger partial charge >= 0.3 is 0 Å². The van der Waals surface area contributed by atoms with Crippen molar-refractivity contribution < 1.29 is 23.1 Å². The summed E-state index contributed by atoms with van der Waals surface area (Å²) < 4.78 is 34.5. The number of aliphatic hydroxyl groups is 1. The van der Waals surface area contributed by atoms with Crippen LogP contribution >= 0.6 is 11.6 Å². The molecule has 2 bridgehead atoms. The Balaban J connectivity index is 1.52. The standard InChI is InChI=1S/C31H39ClN2O5S/c1-2-21-6-5-8-29(35)27-13-10-24(27)18-34-15-4-3-7-22-16-26(32)12-9-25(22)19-39-30-14-11-23(17-28(30)34)31(36)33-40(37,38)20-21/h5,8-9,11-12,14,16-17,21,24,27,29,35H,2-4,6-7,10,13,15,18-20H2,1H3,(H,33,36)/b8-5+/t21?,24-,27+,29-/m0/s1. The molecule has 0 aromatic heterocycles. The van der Waals surface area contributed by atoms with E-state index in [4.69, 9.17) is 16.3 Å². The zero-order valence-corrected chi connectivity index (χ0v) is 24.6. The maximum atomic E-state index is 13.2. The highest BCUT2D eigenvalue weighted by Crippen LogP contribution is 2.41. The van der Waals surface area contributed by atoms with E-state index in [0.29, 0.717) is 36.1 Å². The third kappa shape index (κ3) is 6.84. The van der Waals surface area contributed by atoms with Crippen molar-refractivity contribution in [2.45, 2.75) is 64.6 Å². The van der Waals surface area contributed by atoms with Gasteiger partial charge in [-0.05, 0) is 97.7 Å². The topological polar surface area (TPSA) is 95.9 Å². The number of carbonyl (C=O) groups is 1. The molecule has 0 saturated heterocycles. The van der Waals surface area contributed by atoms with E-state index in [-0.39, 0.29) is 23.2 Å². The molecule has 2 heterocycles. The van der Waals surface area contributed by atoms with E-state index in [0.717, 1.165) is 56.4 Å². The van der Waals surface area contributed by atoms with E-state index in [1.54, 1.807) is 18.2 Å². The summed E-state index contributed by atoms with van der Waals surface area (Å²) in [7, 11) is -3.84. The van der Waals surface area contributed by atoms with E-state index >= 15 is 0 Å². The third-order valence-corrected chi connectivity index (χ3v) is 10.3. The van der Waals surface area contributed by atoms with Crippen molar-refractivity contribution in [3.05, 3.63) is 70.3 Å². The second kappa shape index (κ2) is 12.5. The van der Waals surface area contributed by atoms with Gasteiger partial charge in [0.25, 0.3) is 5.91 Å². The number of aliphatic hydroxyl groups excluding tert-OH is 1. The van der Waals surface area contributed by atoms with Gasteiger partial charge in [-0.2, -0.15) is 0 Å². The first-order valence-electron chi connectivity index (χ1n) is 14.4. The van der Waals surface area contributed by atoms with E-state index in [2.05, 4.69) is 9.62 Å². The Morgan fingerprint density at radius 3 is 2.75 bits per heavy atom. The zero-order valence-electron chi connectivity index (χ0n) is 23.0. The Kier molecular flexibility index (Phi) is 9.08. The number of hydrogen-bond donors (Lipinski definition) is 2. The van der Waals surface area contributed by atoms with E-state index in [1.807, 2.05) is 37.3 Å². The molecule has 1 unspecified atom stereocenters. The Labute approximate surface area is 242 Å². The number of nitrogens with zero attached hydrogens (tertiary/aromatic N) is 1. The first-order valence-corrected chi connectivity index (χ1v) is 16.4. The molecular weight excluding hydrogens is 548 g/mol. The summed E-state index contributed by atoms with van der Waals surface area (Å²) in [5.41, 5.74) is 3.30. The second-order valence-corrected chi connectivity index (χ2v) is 13.6. The molecule has 0 spiro atoms. The summed E-state index contributed by atoms with van der Waals surface area (Å²) >= 11 is 6.29. The fourth-order valence-corrected chi connectivity index (χ4v) is 7.76. The number of aryl methyl sites for hydroxylation is 1. The van der Waals surface area contributed by atoms with Crippen LogP contribution in [0.1, 0.15) is 66.9 Å². The summed E-state index contributed by atoms with van der Waals surface area (Å²) in [6.45, 7) is 3.78. The van der Waals surface area contributed by atoms with E-state index < -0.39 is 22.0 Å². The minimum atomic E-state index is -3.84. The molecule has 216 valence electrons. The number of nitrogens with one attached hydrogen (secondary N) is 1. The number of hydrogen-bond acceptors (Lipinski definition) is 6. The quantitative estimate of drug-likeness (QED) is 0.429. The number of sulfonamides is 1. The lowest BCUT2D eigenvalue weighted by Gasteiger charge is -2.42. The van der Waals surface area contributed by atoms with Gasteiger partial charge in [-0.25, -0.2) is 13.1 Å². The summed E-state index contributed by atoms with van der Waals surface area (Å²) in [6.07, 6.45) is 9.14. The van der Waals surface area contributed by atoms with Crippen LogP contribution in [0.25, 0.3) is 0 Å². The monoisotopic (exact) mass is 586 g/mol. The molecule has 4 atom stereocenters. The predicted octanol–water partition coefficient (Wildman–Crippen LogP) is 5.49. The molecular formula is C31H39ClN2O5S. The van der Waals surface area contributed by atoms with Crippen LogP contribution in [0.2, 0.25) is 5.02 Å². The highest BCUT2D eigenvalue weighted by Gasteiger charge is 2.37. The summed E-state index contributed by atoms with van der Waals surface area (Å²) in [4.78, 5) is 15.5. The Bertz CT molecular complexity index is 1360. The molecule has 1 amide bonds. The van der Waals surface area contributed by atoms with Crippen LogP contribution in [0.3, 0.4) is 0 Å². The fourth-order valence-electron chi connectivity index (χ4n) is 6.09. The van der Waals surface area contributed by atoms with Crippen LogP contribution in [-0.4, -0.2) is 44.4 Å². The van der Waals surface area contributed by atoms with Crippen LogP contribution in [0.4, 0.5) is 5.69 Å². The first-order chi connectivity index (χ1) is 19.2. The molecule has 2 aliphatic heterocycles. The van der Waals surface area contributed by atoms with Crippen molar-refractivity contribution in [3.63, 3.8) is 0 Å². The molecule has 5 rings (SSSR count). The molecule has 1 aliphatic carbocycles. The lowest BCUT2D eigenvalue weighted by molar-refractivity contribution is 0.0461. The number of carbonyl (C=O) groups excluding carboxylic acids is 1. The van der Waals surface area contributed by atoms with Crippen molar-refractivity contribution in [3.8, 4) is 5.75 Å².